The molecule has 22 heavy (non-hydrogen) atoms. The molecule has 2 aromatic heterocycles. The van der Waals surface area contributed by atoms with E-state index in [0.29, 0.717) is 30.4 Å². The molecule has 0 radical (unpaired) electrons. The molecule has 120 valence electrons. The molecular formula is C12H18N5O4P. The van der Waals surface area contributed by atoms with E-state index in [4.69, 9.17) is 15.5 Å². The van der Waals surface area contributed by atoms with Crippen LogP contribution < -0.4 is 5.73 Å². The number of fused-ring (bicyclic) bond motifs is 1. The van der Waals surface area contributed by atoms with E-state index in [0.717, 1.165) is 0 Å². The summed E-state index contributed by atoms with van der Waals surface area (Å²) in [5, 5.41) is 10.3. The zero-order valence-corrected chi connectivity index (χ0v) is 12.7. The SMILES string of the molecule is Nc1ncnc2c1ncn2[C@@H]1C[C@H](CCP(=O)(O)O)C[C@@H]1O. The van der Waals surface area contributed by atoms with Crippen molar-refractivity contribution < 1.29 is 19.5 Å². The Morgan fingerprint density at radius 3 is 2.82 bits per heavy atom. The summed E-state index contributed by atoms with van der Waals surface area (Å²) >= 11 is 0. The number of aliphatic hydroxyl groups is 1. The van der Waals surface area contributed by atoms with Gasteiger partial charge in [0.05, 0.1) is 24.6 Å². The lowest BCUT2D eigenvalue weighted by molar-refractivity contribution is 0.136. The molecule has 9 nitrogen and oxygen atoms in total. The lowest BCUT2D eigenvalue weighted by Gasteiger charge is -2.16. The zero-order chi connectivity index (χ0) is 15.9. The van der Waals surface area contributed by atoms with Gasteiger partial charge in [-0.3, -0.25) is 4.57 Å². The molecule has 2 heterocycles. The van der Waals surface area contributed by atoms with E-state index in [1.165, 1.54) is 6.33 Å². The van der Waals surface area contributed by atoms with Gasteiger partial charge in [0.25, 0.3) is 0 Å². The highest BCUT2D eigenvalue weighted by atomic mass is 31.2. The number of nitrogen functional groups attached to an aromatic ring is 1. The van der Waals surface area contributed by atoms with Gasteiger partial charge in [-0.05, 0) is 25.2 Å². The van der Waals surface area contributed by atoms with E-state index in [9.17, 15) is 9.67 Å². The van der Waals surface area contributed by atoms with Gasteiger partial charge < -0.3 is 25.2 Å². The van der Waals surface area contributed by atoms with Crippen molar-refractivity contribution in [2.45, 2.75) is 31.4 Å². The molecule has 0 amide bonds. The van der Waals surface area contributed by atoms with Gasteiger partial charge >= 0.3 is 7.60 Å². The van der Waals surface area contributed by atoms with E-state index in [-0.39, 0.29) is 23.9 Å². The zero-order valence-electron chi connectivity index (χ0n) is 11.8. The van der Waals surface area contributed by atoms with Crippen molar-refractivity contribution in [2.75, 3.05) is 11.9 Å². The second-order valence-electron chi connectivity index (χ2n) is 5.73. The molecule has 1 aliphatic rings. The maximum Gasteiger partial charge on any atom is 0.325 e. The lowest BCUT2D eigenvalue weighted by Crippen LogP contribution is -2.17. The van der Waals surface area contributed by atoms with Gasteiger partial charge in [0.1, 0.15) is 11.8 Å². The van der Waals surface area contributed by atoms with E-state index >= 15 is 0 Å². The van der Waals surface area contributed by atoms with Crippen molar-refractivity contribution >= 4 is 24.6 Å². The van der Waals surface area contributed by atoms with Gasteiger partial charge in [0.15, 0.2) is 11.5 Å². The van der Waals surface area contributed by atoms with Crippen LogP contribution in [-0.4, -0.2) is 46.7 Å². The summed E-state index contributed by atoms with van der Waals surface area (Å²) in [6.07, 6.45) is 3.69. The Hall–Kier alpha value is -1.54. The Morgan fingerprint density at radius 1 is 1.32 bits per heavy atom. The maximum atomic E-state index is 11.0. The molecule has 0 spiro atoms. The van der Waals surface area contributed by atoms with Crippen LogP contribution in [0.2, 0.25) is 0 Å². The van der Waals surface area contributed by atoms with Crippen LogP contribution in [0.15, 0.2) is 12.7 Å². The molecule has 0 saturated heterocycles. The molecule has 0 aromatic carbocycles. The summed E-state index contributed by atoms with van der Waals surface area (Å²) in [5.41, 5.74) is 6.81. The minimum absolute atomic E-state index is 0.0595. The normalized spacial score (nSPS) is 25.9. The molecule has 5 N–H and O–H groups in total. The first-order valence-electron chi connectivity index (χ1n) is 7.01. The maximum absolute atomic E-state index is 11.0. The summed E-state index contributed by atoms with van der Waals surface area (Å²) < 4.78 is 12.8. The topological polar surface area (TPSA) is 147 Å². The summed E-state index contributed by atoms with van der Waals surface area (Å²) in [6, 6.07) is -0.221. The highest BCUT2D eigenvalue weighted by Gasteiger charge is 2.35. The number of nitrogens with zero attached hydrogens (tertiary/aromatic N) is 4. The minimum atomic E-state index is -4.00. The van der Waals surface area contributed by atoms with Crippen LogP contribution in [0.1, 0.15) is 25.3 Å². The van der Waals surface area contributed by atoms with E-state index in [1.54, 1.807) is 10.9 Å². The fourth-order valence-electron chi connectivity index (χ4n) is 3.09. The van der Waals surface area contributed by atoms with Gasteiger partial charge in [-0.15, -0.1) is 0 Å². The van der Waals surface area contributed by atoms with Gasteiger partial charge in [0.2, 0.25) is 0 Å². The average molecular weight is 327 g/mol. The molecule has 10 heteroatoms. The number of imidazole rings is 1. The monoisotopic (exact) mass is 327 g/mol. The van der Waals surface area contributed by atoms with Crippen LogP contribution in [0, 0.1) is 5.92 Å². The lowest BCUT2D eigenvalue weighted by atomic mass is 10.1. The summed E-state index contributed by atoms with van der Waals surface area (Å²) in [4.78, 5) is 30.2. The van der Waals surface area contributed by atoms with Crippen molar-refractivity contribution in [3.8, 4) is 0 Å². The molecule has 0 bridgehead atoms. The van der Waals surface area contributed by atoms with Gasteiger partial charge in [0, 0.05) is 0 Å². The van der Waals surface area contributed by atoms with Crippen LogP contribution in [0.3, 0.4) is 0 Å². The number of anilines is 1. The quantitative estimate of drug-likeness (QED) is 0.586. The van der Waals surface area contributed by atoms with Crippen LogP contribution >= 0.6 is 7.60 Å². The Morgan fingerprint density at radius 2 is 2.09 bits per heavy atom. The Labute approximate surface area is 126 Å². The molecule has 1 saturated carbocycles. The number of aliphatic hydroxyl groups excluding tert-OH is 1. The second kappa shape index (κ2) is 5.58. The number of aromatic nitrogens is 4. The van der Waals surface area contributed by atoms with Crippen LogP contribution in [-0.2, 0) is 4.57 Å². The first-order valence-corrected chi connectivity index (χ1v) is 8.80. The fraction of sp³-hybridized carbons (Fsp3) is 0.583. The van der Waals surface area contributed by atoms with E-state index in [1.807, 2.05) is 0 Å². The van der Waals surface area contributed by atoms with Crippen molar-refractivity contribution in [1.82, 2.24) is 19.5 Å². The Bertz CT molecular complexity index is 729. The van der Waals surface area contributed by atoms with E-state index in [2.05, 4.69) is 15.0 Å². The standard InChI is InChI=1S/C12H18N5O4P/c13-11-10-12(15-5-14-11)17(6-16-10)8-3-7(4-9(8)18)1-2-22(19,20)21/h5-9,18H,1-4H2,(H2,13,14,15)(H2,19,20,21)/t7-,8+,9-/m0/s1. The van der Waals surface area contributed by atoms with Crippen molar-refractivity contribution in [2.24, 2.45) is 5.92 Å². The van der Waals surface area contributed by atoms with Gasteiger partial charge in [-0.2, -0.15) is 0 Å². The van der Waals surface area contributed by atoms with Crippen LogP contribution in [0.5, 0.6) is 0 Å². The predicted octanol–water partition coefficient (Wildman–Crippen LogP) is 0.288. The molecule has 1 fully saturated rings. The molecule has 0 aliphatic heterocycles. The third-order valence-corrected chi connectivity index (χ3v) is 5.01. The van der Waals surface area contributed by atoms with Gasteiger partial charge in [-0.1, -0.05) is 0 Å². The van der Waals surface area contributed by atoms with Crippen LogP contribution in [0.4, 0.5) is 5.82 Å². The third-order valence-electron chi connectivity index (χ3n) is 4.17. The molecule has 1 aliphatic carbocycles. The van der Waals surface area contributed by atoms with Gasteiger partial charge in [-0.25, -0.2) is 15.0 Å². The number of hydrogen-bond donors (Lipinski definition) is 4. The smallest absolute Gasteiger partial charge is 0.325 e. The van der Waals surface area contributed by atoms with Crippen molar-refractivity contribution in [3.63, 3.8) is 0 Å². The summed E-state index contributed by atoms with van der Waals surface area (Å²) in [5.74, 6) is 0.346. The number of hydrogen-bond acceptors (Lipinski definition) is 6. The first-order chi connectivity index (χ1) is 10.3. The molecule has 3 atom stereocenters. The highest BCUT2D eigenvalue weighted by Crippen LogP contribution is 2.42. The van der Waals surface area contributed by atoms with Crippen LogP contribution in [0.25, 0.3) is 11.2 Å². The molecule has 0 unspecified atom stereocenters. The molecule has 2 aromatic rings. The minimum Gasteiger partial charge on any atom is -0.391 e. The molecule has 3 rings (SSSR count). The number of rotatable bonds is 4. The Kier molecular flexibility index (Phi) is 3.90. The second-order valence-corrected chi connectivity index (χ2v) is 7.51. The molecular weight excluding hydrogens is 309 g/mol. The fourth-order valence-corrected chi connectivity index (χ4v) is 3.79. The predicted molar refractivity (Wildman–Crippen MR) is 79.0 cm³/mol. The Balaban J connectivity index is 1.80. The highest BCUT2D eigenvalue weighted by molar-refractivity contribution is 7.51. The third kappa shape index (κ3) is 2.98. The van der Waals surface area contributed by atoms with Crippen molar-refractivity contribution in [3.05, 3.63) is 12.7 Å². The average Bonchev–Trinajstić information content (AvgIpc) is 3.00. The largest absolute Gasteiger partial charge is 0.391 e. The number of nitrogens with two attached hydrogens (primary N) is 1. The first kappa shape index (κ1) is 15.4. The summed E-state index contributed by atoms with van der Waals surface area (Å²) in [6.45, 7) is 0. The van der Waals surface area contributed by atoms with E-state index < -0.39 is 13.7 Å². The summed E-state index contributed by atoms with van der Waals surface area (Å²) in [7, 11) is -4.00. The van der Waals surface area contributed by atoms with Crippen molar-refractivity contribution in [1.29, 1.82) is 0 Å².